The minimum Gasteiger partial charge on any atom is -0.0842 e. The van der Waals surface area contributed by atoms with Gasteiger partial charge in [0, 0.05) is 0 Å². The Morgan fingerprint density at radius 3 is 2.21 bits per heavy atom. The zero-order valence-electron chi connectivity index (χ0n) is 28.6. The van der Waals surface area contributed by atoms with Crippen LogP contribution in [0.5, 0.6) is 0 Å². The average molecular weight is 539 g/mol. The molecular weight excluding hydrogens is 468 g/mol. The number of allylic oxidation sites excluding steroid dienone is 2. The lowest BCUT2D eigenvalue weighted by molar-refractivity contribution is -0.0830. The van der Waals surface area contributed by atoms with Crippen molar-refractivity contribution in [2.24, 2.45) is 69.0 Å². The summed E-state index contributed by atoms with van der Waals surface area (Å²) < 4.78 is 0. The predicted molar refractivity (Wildman–Crippen MR) is 173 cm³/mol. The Kier molecular flexibility index (Phi) is 9.57. The highest BCUT2D eigenvalue weighted by Crippen LogP contribution is 2.70. The molecule has 0 heteroatoms. The largest absolute Gasteiger partial charge is 0.0842 e. The molecule has 4 aliphatic rings. The quantitative estimate of drug-likeness (QED) is 0.243. The fourth-order valence-electron chi connectivity index (χ4n) is 11.0. The van der Waals surface area contributed by atoms with Crippen molar-refractivity contribution in [3.63, 3.8) is 0 Å². The van der Waals surface area contributed by atoms with Crippen LogP contribution in [-0.4, -0.2) is 0 Å². The van der Waals surface area contributed by atoms with Gasteiger partial charge in [-0.15, -0.1) is 0 Å². The summed E-state index contributed by atoms with van der Waals surface area (Å²) in [7, 11) is 0. The normalized spacial score (nSPS) is 40.2. The molecule has 4 aliphatic carbocycles. The van der Waals surface area contributed by atoms with Crippen molar-refractivity contribution in [3.05, 3.63) is 11.6 Å². The summed E-state index contributed by atoms with van der Waals surface area (Å²) in [5, 5.41) is 0. The number of fused-ring (bicyclic) bond motifs is 5. The molecule has 0 nitrogen and oxygen atoms in total. The van der Waals surface area contributed by atoms with Crippen molar-refractivity contribution < 1.29 is 0 Å². The summed E-state index contributed by atoms with van der Waals surface area (Å²) in [4.78, 5) is 0. The fourth-order valence-corrected chi connectivity index (χ4v) is 11.0. The van der Waals surface area contributed by atoms with Gasteiger partial charge in [0.1, 0.15) is 0 Å². The molecular formula is C39H70. The Morgan fingerprint density at radius 1 is 0.872 bits per heavy atom. The highest BCUT2D eigenvalue weighted by molar-refractivity contribution is 5.28. The number of hydrogen-bond donors (Lipinski definition) is 0. The van der Waals surface area contributed by atoms with Crippen molar-refractivity contribution >= 4 is 0 Å². The lowest BCUT2D eigenvalue weighted by Gasteiger charge is -2.62. The van der Waals surface area contributed by atoms with Crippen LogP contribution >= 0.6 is 0 Å². The summed E-state index contributed by atoms with van der Waals surface area (Å²) in [5.41, 5.74) is 3.88. The van der Waals surface area contributed by atoms with E-state index in [2.05, 4.69) is 82.2 Å². The van der Waals surface area contributed by atoms with Crippen LogP contribution in [0.15, 0.2) is 11.6 Å². The average Bonchev–Trinajstić information content (AvgIpc) is 3.20. The van der Waals surface area contributed by atoms with E-state index < -0.39 is 0 Å². The van der Waals surface area contributed by atoms with Crippen molar-refractivity contribution in [2.45, 2.75) is 166 Å². The van der Waals surface area contributed by atoms with Gasteiger partial charge in [-0.1, -0.05) is 107 Å². The first-order valence-corrected chi connectivity index (χ1v) is 17.9. The molecule has 0 spiro atoms. The number of rotatable bonds is 10. The van der Waals surface area contributed by atoms with E-state index in [0.717, 1.165) is 47.3 Å². The molecule has 0 aliphatic heterocycles. The second kappa shape index (κ2) is 11.8. The summed E-state index contributed by atoms with van der Waals surface area (Å²) in [6, 6.07) is 0. The molecule has 3 fully saturated rings. The third-order valence-electron chi connectivity index (χ3n) is 14.7. The lowest BCUT2D eigenvalue weighted by atomic mass is 9.43. The Morgan fingerprint density at radius 2 is 1.56 bits per heavy atom. The van der Waals surface area contributed by atoms with Crippen LogP contribution in [0.25, 0.3) is 0 Å². The van der Waals surface area contributed by atoms with Gasteiger partial charge in [0.05, 0.1) is 0 Å². The first kappa shape index (κ1) is 31.7. The molecule has 0 aromatic heterocycles. The van der Waals surface area contributed by atoms with Gasteiger partial charge >= 0.3 is 0 Å². The molecule has 0 aromatic rings. The van der Waals surface area contributed by atoms with Crippen LogP contribution in [0.3, 0.4) is 0 Å². The topological polar surface area (TPSA) is 0 Å². The zero-order chi connectivity index (χ0) is 28.8. The molecule has 0 saturated heterocycles. The van der Waals surface area contributed by atoms with Crippen molar-refractivity contribution in [2.75, 3.05) is 0 Å². The Hall–Kier alpha value is -0.260. The monoisotopic (exact) mass is 539 g/mol. The molecule has 4 rings (SSSR count). The maximum atomic E-state index is 2.79. The molecule has 0 aromatic carbocycles. The van der Waals surface area contributed by atoms with Gasteiger partial charge in [0.2, 0.25) is 0 Å². The SMILES string of the molecule is CCC(C)CC(CC)CC(CCCC1CCC2C3CC=C4C(CCC(C)C4(C)C)C3(C)CCC12C)C(C)(C)C. The van der Waals surface area contributed by atoms with Gasteiger partial charge in [0.15, 0.2) is 0 Å². The minimum absolute atomic E-state index is 0.408. The van der Waals surface area contributed by atoms with Crippen LogP contribution in [-0.2, 0) is 0 Å². The van der Waals surface area contributed by atoms with E-state index in [9.17, 15) is 0 Å². The first-order chi connectivity index (χ1) is 18.2. The smallest absolute Gasteiger partial charge is 0.0116 e. The van der Waals surface area contributed by atoms with Crippen molar-refractivity contribution in [3.8, 4) is 0 Å². The molecule has 0 N–H and O–H groups in total. The standard InChI is InChI=1S/C39H70/c1-12-27(3)25-29(13-2)26-31(36(5,6)7)16-14-15-30-18-20-34-35-22-21-32-33(19-17-28(4)37(32,8)9)39(35,11)24-23-38(30,34)10/h21,27-31,33-35H,12-20,22-26H2,1-11H3. The fraction of sp³-hybridized carbons (Fsp3) is 0.949. The molecule has 10 atom stereocenters. The van der Waals surface area contributed by atoms with Crippen LogP contribution < -0.4 is 0 Å². The van der Waals surface area contributed by atoms with E-state index in [1.165, 1.54) is 89.9 Å². The molecule has 226 valence electrons. The Bertz CT molecular complexity index is 839. The Labute approximate surface area is 246 Å². The van der Waals surface area contributed by atoms with Gasteiger partial charge in [0.25, 0.3) is 0 Å². The highest BCUT2D eigenvalue weighted by Gasteiger charge is 2.61. The van der Waals surface area contributed by atoms with E-state index in [4.69, 9.17) is 0 Å². The highest BCUT2D eigenvalue weighted by atomic mass is 14.7. The zero-order valence-corrected chi connectivity index (χ0v) is 28.6. The van der Waals surface area contributed by atoms with Gasteiger partial charge in [-0.3, -0.25) is 0 Å². The van der Waals surface area contributed by atoms with E-state index in [1.54, 1.807) is 0 Å². The van der Waals surface area contributed by atoms with Gasteiger partial charge in [-0.2, -0.15) is 0 Å². The van der Waals surface area contributed by atoms with E-state index in [0.29, 0.717) is 21.7 Å². The third-order valence-corrected chi connectivity index (χ3v) is 14.7. The predicted octanol–water partition coefficient (Wildman–Crippen LogP) is 12.5. The molecule has 3 saturated carbocycles. The van der Waals surface area contributed by atoms with Gasteiger partial charge in [-0.25, -0.2) is 0 Å². The first-order valence-electron chi connectivity index (χ1n) is 17.9. The third kappa shape index (κ3) is 5.99. The van der Waals surface area contributed by atoms with Crippen LogP contribution in [0.2, 0.25) is 0 Å². The van der Waals surface area contributed by atoms with Crippen LogP contribution in [0, 0.1) is 69.0 Å². The molecule has 10 unspecified atom stereocenters. The Balaban J connectivity index is 1.41. The lowest BCUT2D eigenvalue weighted by Crippen LogP contribution is -2.54. The van der Waals surface area contributed by atoms with Crippen molar-refractivity contribution in [1.29, 1.82) is 0 Å². The van der Waals surface area contributed by atoms with Crippen molar-refractivity contribution in [1.82, 2.24) is 0 Å². The molecule has 0 heterocycles. The maximum Gasteiger partial charge on any atom is -0.0116 e. The molecule has 39 heavy (non-hydrogen) atoms. The minimum atomic E-state index is 0.408. The summed E-state index contributed by atoms with van der Waals surface area (Å²) in [6.07, 6.45) is 23.1. The summed E-state index contributed by atoms with van der Waals surface area (Å²) in [6.45, 7) is 28.0. The van der Waals surface area contributed by atoms with Crippen LogP contribution in [0.1, 0.15) is 166 Å². The second-order valence-corrected chi connectivity index (χ2v) is 17.9. The molecule has 0 radical (unpaired) electrons. The van der Waals surface area contributed by atoms with E-state index >= 15 is 0 Å². The van der Waals surface area contributed by atoms with E-state index in [-0.39, 0.29) is 0 Å². The molecule has 0 amide bonds. The second-order valence-electron chi connectivity index (χ2n) is 17.9. The van der Waals surface area contributed by atoms with Crippen LogP contribution in [0.4, 0.5) is 0 Å². The number of hydrogen-bond acceptors (Lipinski definition) is 0. The van der Waals surface area contributed by atoms with Gasteiger partial charge in [-0.05, 0) is 140 Å². The summed E-state index contributed by atoms with van der Waals surface area (Å²) >= 11 is 0. The van der Waals surface area contributed by atoms with Gasteiger partial charge < -0.3 is 0 Å². The summed E-state index contributed by atoms with van der Waals surface area (Å²) in [5.74, 6) is 7.27. The molecule has 0 bridgehead atoms. The van der Waals surface area contributed by atoms with E-state index in [1.807, 2.05) is 5.57 Å². The maximum absolute atomic E-state index is 2.79.